The maximum Gasteiger partial charge on any atom is 0.196 e. The standard InChI is InChI=1S/C26H25NO2/c1-3-27(4-2)21-16-14-19(15-17-21)18-23-25(28)22-12-8-9-13-24(22)29-26(23)20-10-6-5-7-11-20/h5-18,26H,3-4H2,1-2H3/b23-18-. The zero-order valence-electron chi connectivity index (χ0n) is 16.8. The summed E-state index contributed by atoms with van der Waals surface area (Å²) in [6.45, 7) is 6.24. The summed E-state index contributed by atoms with van der Waals surface area (Å²) in [6, 6.07) is 25.7. The van der Waals surface area contributed by atoms with Gasteiger partial charge in [0.05, 0.1) is 5.56 Å². The summed E-state index contributed by atoms with van der Waals surface area (Å²) >= 11 is 0. The van der Waals surface area contributed by atoms with Crippen molar-refractivity contribution in [3.05, 3.63) is 101 Å². The molecule has 0 spiro atoms. The van der Waals surface area contributed by atoms with E-state index in [9.17, 15) is 4.79 Å². The predicted molar refractivity (Wildman–Crippen MR) is 119 cm³/mol. The molecule has 0 fully saturated rings. The Morgan fingerprint density at radius 1 is 0.862 bits per heavy atom. The normalized spacial score (nSPS) is 17.0. The van der Waals surface area contributed by atoms with Crippen LogP contribution in [-0.4, -0.2) is 18.9 Å². The average Bonchev–Trinajstić information content (AvgIpc) is 2.78. The highest BCUT2D eigenvalue weighted by Crippen LogP contribution is 2.39. The molecule has 0 aliphatic carbocycles. The van der Waals surface area contributed by atoms with Crippen molar-refractivity contribution in [3.63, 3.8) is 0 Å². The number of ketones is 1. The molecule has 3 heteroatoms. The van der Waals surface area contributed by atoms with Gasteiger partial charge in [0.1, 0.15) is 5.75 Å². The van der Waals surface area contributed by atoms with Crippen LogP contribution in [0.15, 0.2) is 84.4 Å². The second-order valence-electron chi connectivity index (χ2n) is 7.10. The fraction of sp³-hybridized carbons (Fsp3) is 0.192. The molecule has 0 bridgehead atoms. The van der Waals surface area contributed by atoms with Crippen LogP contribution < -0.4 is 9.64 Å². The Morgan fingerprint density at radius 2 is 1.52 bits per heavy atom. The molecule has 1 aliphatic heterocycles. The Kier molecular flexibility index (Phi) is 5.48. The van der Waals surface area contributed by atoms with E-state index in [1.54, 1.807) is 0 Å². The number of rotatable bonds is 5. The smallest absolute Gasteiger partial charge is 0.196 e. The van der Waals surface area contributed by atoms with E-state index in [4.69, 9.17) is 4.74 Å². The molecule has 0 saturated heterocycles. The van der Waals surface area contributed by atoms with Gasteiger partial charge in [0.25, 0.3) is 0 Å². The lowest BCUT2D eigenvalue weighted by molar-refractivity contribution is 0.0963. The van der Waals surface area contributed by atoms with Crippen molar-refractivity contribution in [3.8, 4) is 5.75 Å². The van der Waals surface area contributed by atoms with Crippen LogP contribution in [0.2, 0.25) is 0 Å². The van der Waals surface area contributed by atoms with Gasteiger partial charge in [-0.1, -0.05) is 54.6 Å². The van der Waals surface area contributed by atoms with Crippen molar-refractivity contribution in [1.29, 1.82) is 0 Å². The molecule has 1 heterocycles. The van der Waals surface area contributed by atoms with Crippen LogP contribution >= 0.6 is 0 Å². The molecule has 0 radical (unpaired) electrons. The molecule has 146 valence electrons. The van der Waals surface area contributed by atoms with Gasteiger partial charge in [-0.15, -0.1) is 0 Å². The maximum atomic E-state index is 13.3. The van der Waals surface area contributed by atoms with Crippen LogP contribution in [-0.2, 0) is 0 Å². The first-order chi connectivity index (χ1) is 14.2. The fourth-order valence-electron chi connectivity index (χ4n) is 3.79. The van der Waals surface area contributed by atoms with Gasteiger partial charge in [-0.05, 0) is 55.3 Å². The molecule has 0 saturated carbocycles. The average molecular weight is 383 g/mol. The first-order valence-corrected chi connectivity index (χ1v) is 10.1. The molecule has 29 heavy (non-hydrogen) atoms. The predicted octanol–water partition coefficient (Wildman–Crippen LogP) is 5.93. The first kappa shape index (κ1) is 19.0. The van der Waals surface area contributed by atoms with Gasteiger partial charge in [0, 0.05) is 24.4 Å². The number of anilines is 1. The van der Waals surface area contributed by atoms with Crippen molar-refractivity contribution in [1.82, 2.24) is 0 Å². The summed E-state index contributed by atoms with van der Waals surface area (Å²) in [5.74, 6) is 0.661. The largest absolute Gasteiger partial charge is 0.480 e. The number of nitrogens with zero attached hydrogens (tertiary/aromatic N) is 1. The Balaban J connectivity index is 1.75. The Labute approximate surface area is 172 Å². The fourth-order valence-corrected chi connectivity index (χ4v) is 3.79. The zero-order chi connectivity index (χ0) is 20.2. The lowest BCUT2D eigenvalue weighted by Gasteiger charge is -2.28. The van der Waals surface area contributed by atoms with Gasteiger partial charge in [-0.2, -0.15) is 0 Å². The Morgan fingerprint density at radius 3 is 2.21 bits per heavy atom. The highest BCUT2D eigenvalue weighted by Gasteiger charge is 2.32. The molecule has 3 aromatic carbocycles. The quantitative estimate of drug-likeness (QED) is 0.511. The monoisotopic (exact) mass is 383 g/mol. The lowest BCUT2D eigenvalue weighted by Crippen LogP contribution is -2.23. The van der Waals surface area contributed by atoms with Crippen molar-refractivity contribution >= 4 is 17.5 Å². The number of fused-ring (bicyclic) bond motifs is 1. The third-order valence-corrected chi connectivity index (χ3v) is 5.37. The Hall–Kier alpha value is -3.33. The van der Waals surface area contributed by atoms with E-state index in [0.717, 1.165) is 24.2 Å². The maximum absolute atomic E-state index is 13.3. The van der Waals surface area contributed by atoms with Crippen LogP contribution in [0.5, 0.6) is 5.75 Å². The number of hydrogen-bond donors (Lipinski definition) is 0. The summed E-state index contributed by atoms with van der Waals surface area (Å²) in [5, 5.41) is 0. The minimum absolute atomic E-state index is 0.0218. The highest BCUT2D eigenvalue weighted by molar-refractivity contribution is 6.14. The van der Waals surface area contributed by atoms with Gasteiger partial charge >= 0.3 is 0 Å². The van der Waals surface area contributed by atoms with Crippen molar-refractivity contribution in [2.45, 2.75) is 20.0 Å². The molecular weight excluding hydrogens is 358 g/mol. The van der Waals surface area contributed by atoms with E-state index in [0.29, 0.717) is 16.9 Å². The summed E-state index contributed by atoms with van der Waals surface area (Å²) < 4.78 is 6.27. The highest BCUT2D eigenvalue weighted by atomic mass is 16.5. The molecule has 1 aliphatic rings. The van der Waals surface area contributed by atoms with Gasteiger partial charge in [-0.25, -0.2) is 0 Å². The van der Waals surface area contributed by atoms with Gasteiger partial charge in [0.2, 0.25) is 0 Å². The van der Waals surface area contributed by atoms with Crippen LogP contribution in [0.25, 0.3) is 6.08 Å². The molecule has 1 atom stereocenters. The summed E-state index contributed by atoms with van der Waals surface area (Å²) in [7, 11) is 0. The van der Waals surface area contributed by atoms with Gasteiger partial charge < -0.3 is 9.64 Å². The lowest BCUT2D eigenvalue weighted by atomic mass is 9.89. The Bertz CT molecular complexity index is 1020. The molecule has 0 aromatic heterocycles. The molecule has 0 amide bonds. The number of para-hydroxylation sites is 1. The van der Waals surface area contributed by atoms with E-state index in [2.05, 4.69) is 43.0 Å². The van der Waals surface area contributed by atoms with Crippen molar-refractivity contribution in [2.24, 2.45) is 0 Å². The van der Waals surface area contributed by atoms with Gasteiger partial charge in [0.15, 0.2) is 11.9 Å². The minimum atomic E-state index is -0.416. The van der Waals surface area contributed by atoms with E-state index >= 15 is 0 Å². The van der Waals surface area contributed by atoms with Crippen LogP contribution in [0.3, 0.4) is 0 Å². The van der Waals surface area contributed by atoms with Gasteiger partial charge in [-0.3, -0.25) is 4.79 Å². The summed E-state index contributed by atoms with van der Waals surface area (Å²) in [6.07, 6.45) is 1.54. The topological polar surface area (TPSA) is 29.5 Å². The number of hydrogen-bond acceptors (Lipinski definition) is 3. The van der Waals surface area contributed by atoms with E-state index in [1.807, 2.05) is 60.7 Å². The van der Waals surface area contributed by atoms with Crippen LogP contribution in [0.4, 0.5) is 5.69 Å². The molecule has 1 unspecified atom stereocenters. The van der Waals surface area contributed by atoms with E-state index < -0.39 is 6.10 Å². The van der Waals surface area contributed by atoms with Crippen molar-refractivity contribution in [2.75, 3.05) is 18.0 Å². The van der Waals surface area contributed by atoms with E-state index in [-0.39, 0.29) is 5.78 Å². The minimum Gasteiger partial charge on any atom is -0.480 e. The zero-order valence-corrected chi connectivity index (χ0v) is 16.8. The number of ether oxygens (including phenoxy) is 1. The number of carbonyl (C=O) groups is 1. The van der Waals surface area contributed by atoms with Crippen LogP contribution in [0.1, 0.15) is 41.4 Å². The first-order valence-electron chi connectivity index (χ1n) is 10.1. The van der Waals surface area contributed by atoms with E-state index in [1.165, 1.54) is 5.69 Å². The molecule has 4 rings (SSSR count). The number of Topliss-reactive ketones (excluding diaryl/α,β-unsaturated/α-hetero) is 1. The number of benzene rings is 3. The molecule has 3 nitrogen and oxygen atoms in total. The van der Waals surface area contributed by atoms with Crippen molar-refractivity contribution < 1.29 is 9.53 Å². The third kappa shape index (κ3) is 3.81. The third-order valence-electron chi connectivity index (χ3n) is 5.37. The molecule has 3 aromatic rings. The number of carbonyl (C=O) groups excluding carboxylic acids is 1. The molecule has 0 N–H and O–H groups in total. The van der Waals surface area contributed by atoms with Crippen LogP contribution in [0, 0.1) is 0 Å². The SMILES string of the molecule is CCN(CC)c1ccc(/C=C2/C(=O)c3ccccc3OC2c2ccccc2)cc1. The second-order valence-corrected chi connectivity index (χ2v) is 7.10. The molecular formula is C26H25NO2. The summed E-state index contributed by atoms with van der Waals surface area (Å²) in [4.78, 5) is 15.6. The summed E-state index contributed by atoms with van der Waals surface area (Å²) in [5.41, 5.74) is 4.43. The second kappa shape index (κ2) is 8.36.